The third-order valence-electron chi connectivity index (χ3n) is 4.21. The maximum Gasteiger partial charge on any atom is 0.356 e. The molecular formula is C15H21N3O4. The third kappa shape index (κ3) is 3.05. The monoisotopic (exact) mass is 307 g/mol. The molecule has 7 heteroatoms. The van der Waals surface area contributed by atoms with E-state index < -0.39 is 5.97 Å². The lowest BCUT2D eigenvalue weighted by Gasteiger charge is -2.49. The lowest BCUT2D eigenvalue weighted by molar-refractivity contribution is -0.163. The van der Waals surface area contributed by atoms with Crippen molar-refractivity contribution in [2.75, 3.05) is 24.6 Å². The van der Waals surface area contributed by atoms with Gasteiger partial charge in [-0.3, -0.25) is 0 Å². The SMILES string of the molecule is CC1CC2(CCO1)CN(c1cnc(C(=O)O)cn1)CC(C)O2. The van der Waals surface area contributed by atoms with E-state index in [2.05, 4.69) is 21.8 Å². The second-order valence-corrected chi connectivity index (χ2v) is 6.19. The minimum Gasteiger partial charge on any atom is -0.476 e. The fourth-order valence-electron chi connectivity index (χ4n) is 3.38. The van der Waals surface area contributed by atoms with Gasteiger partial charge in [-0.25, -0.2) is 14.8 Å². The zero-order valence-electron chi connectivity index (χ0n) is 12.9. The van der Waals surface area contributed by atoms with Gasteiger partial charge in [0, 0.05) is 32.5 Å². The molecule has 2 aliphatic rings. The maximum absolute atomic E-state index is 10.9. The second kappa shape index (κ2) is 5.81. The molecular weight excluding hydrogens is 286 g/mol. The molecule has 1 aromatic heterocycles. The van der Waals surface area contributed by atoms with Crippen molar-refractivity contribution in [2.45, 2.75) is 44.5 Å². The van der Waals surface area contributed by atoms with Crippen LogP contribution in [0.15, 0.2) is 12.4 Å². The van der Waals surface area contributed by atoms with Gasteiger partial charge in [-0.05, 0) is 13.8 Å². The zero-order valence-corrected chi connectivity index (χ0v) is 12.9. The van der Waals surface area contributed by atoms with Crippen LogP contribution in [-0.2, 0) is 9.47 Å². The molecule has 3 heterocycles. The molecule has 1 aromatic rings. The molecule has 2 saturated heterocycles. The first-order chi connectivity index (χ1) is 10.5. The van der Waals surface area contributed by atoms with Gasteiger partial charge in [0.05, 0.1) is 30.2 Å². The average Bonchev–Trinajstić information content (AvgIpc) is 2.46. The van der Waals surface area contributed by atoms with Crippen LogP contribution < -0.4 is 4.90 Å². The average molecular weight is 307 g/mol. The molecule has 7 nitrogen and oxygen atoms in total. The molecule has 1 spiro atoms. The van der Waals surface area contributed by atoms with E-state index in [1.165, 1.54) is 12.4 Å². The summed E-state index contributed by atoms with van der Waals surface area (Å²) in [5.74, 6) is -0.372. The number of anilines is 1. The first kappa shape index (κ1) is 15.2. The number of ether oxygens (including phenoxy) is 2. The molecule has 2 aliphatic heterocycles. The van der Waals surface area contributed by atoms with Crippen molar-refractivity contribution < 1.29 is 19.4 Å². The van der Waals surface area contributed by atoms with Crippen LogP contribution in [0.25, 0.3) is 0 Å². The number of carboxylic acids is 1. The molecule has 0 bridgehead atoms. The molecule has 120 valence electrons. The highest BCUT2D eigenvalue weighted by atomic mass is 16.5. The maximum atomic E-state index is 10.9. The molecule has 0 amide bonds. The van der Waals surface area contributed by atoms with E-state index in [1.807, 2.05) is 6.92 Å². The Hall–Kier alpha value is -1.73. The number of carboxylic acid groups (broad SMARTS) is 1. The highest BCUT2D eigenvalue weighted by Crippen LogP contribution is 2.35. The summed E-state index contributed by atoms with van der Waals surface area (Å²) in [5.41, 5.74) is -0.262. The number of aromatic carboxylic acids is 1. The lowest BCUT2D eigenvalue weighted by atomic mass is 9.88. The van der Waals surface area contributed by atoms with Gasteiger partial charge in [0.2, 0.25) is 0 Å². The summed E-state index contributed by atoms with van der Waals surface area (Å²) < 4.78 is 11.9. The molecule has 22 heavy (non-hydrogen) atoms. The Kier molecular flexibility index (Phi) is 4.01. The van der Waals surface area contributed by atoms with E-state index in [0.29, 0.717) is 12.4 Å². The predicted molar refractivity (Wildman–Crippen MR) is 79.1 cm³/mol. The topological polar surface area (TPSA) is 84.8 Å². The first-order valence-corrected chi connectivity index (χ1v) is 7.57. The number of carbonyl (C=O) groups is 1. The van der Waals surface area contributed by atoms with Gasteiger partial charge in [-0.1, -0.05) is 0 Å². The summed E-state index contributed by atoms with van der Waals surface area (Å²) in [4.78, 5) is 21.2. The van der Waals surface area contributed by atoms with Gasteiger partial charge >= 0.3 is 5.97 Å². The summed E-state index contributed by atoms with van der Waals surface area (Å²) in [6.45, 7) is 6.26. The molecule has 2 fully saturated rings. The number of aromatic nitrogens is 2. The molecule has 3 rings (SSSR count). The molecule has 0 radical (unpaired) electrons. The van der Waals surface area contributed by atoms with Crippen molar-refractivity contribution in [1.29, 1.82) is 0 Å². The Morgan fingerprint density at radius 3 is 2.82 bits per heavy atom. The van der Waals surface area contributed by atoms with Gasteiger partial charge in [0.25, 0.3) is 0 Å². The van der Waals surface area contributed by atoms with E-state index in [9.17, 15) is 4.79 Å². The number of rotatable bonds is 2. The summed E-state index contributed by atoms with van der Waals surface area (Å²) in [6, 6.07) is 0. The molecule has 0 aliphatic carbocycles. The lowest BCUT2D eigenvalue weighted by Crippen LogP contribution is -2.58. The van der Waals surface area contributed by atoms with Crippen molar-refractivity contribution in [3.05, 3.63) is 18.1 Å². The van der Waals surface area contributed by atoms with Crippen LogP contribution in [0.4, 0.5) is 5.82 Å². The molecule has 0 aromatic carbocycles. The van der Waals surface area contributed by atoms with Gasteiger partial charge in [0.1, 0.15) is 5.82 Å². The fraction of sp³-hybridized carbons (Fsp3) is 0.667. The minimum absolute atomic E-state index is 0.0422. The van der Waals surface area contributed by atoms with Crippen molar-refractivity contribution >= 4 is 11.8 Å². The van der Waals surface area contributed by atoms with E-state index in [-0.39, 0.29) is 23.5 Å². The van der Waals surface area contributed by atoms with Crippen LogP contribution in [0.3, 0.4) is 0 Å². The third-order valence-corrected chi connectivity index (χ3v) is 4.21. The molecule has 3 unspecified atom stereocenters. The van der Waals surface area contributed by atoms with Crippen LogP contribution >= 0.6 is 0 Å². The number of morpholine rings is 1. The van der Waals surface area contributed by atoms with Gasteiger partial charge < -0.3 is 19.5 Å². The normalized spacial score (nSPS) is 32.2. The van der Waals surface area contributed by atoms with Crippen molar-refractivity contribution in [3.8, 4) is 0 Å². The van der Waals surface area contributed by atoms with Crippen LogP contribution in [0.2, 0.25) is 0 Å². The highest BCUT2D eigenvalue weighted by Gasteiger charge is 2.43. The summed E-state index contributed by atoms with van der Waals surface area (Å²) in [6.07, 6.45) is 4.81. The second-order valence-electron chi connectivity index (χ2n) is 6.19. The quantitative estimate of drug-likeness (QED) is 0.882. The zero-order chi connectivity index (χ0) is 15.7. The summed E-state index contributed by atoms with van der Waals surface area (Å²) in [7, 11) is 0. The smallest absolute Gasteiger partial charge is 0.356 e. The Morgan fingerprint density at radius 1 is 1.36 bits per heavy atom. The molecule has 1 N–H and O–H groups in total. The van der Waals surface area contributed by atoms with E-state index in [0.717, 1.165) is 25.9 Å². The van der Waals surface area contributed by atoms with E-state index in [4.69, 9.17) is 14.6 Å². The van der Waals surface area contributed by atoms with Gasteiger partial charge in [-0.15, -0.1) is 0 Å². The Balaban J connectivity index is 1.79. The Labute approximate surface area is 129 Å². The van der Waals surface area contributed by atoms with Gasteiger partial charge in [0.15, 0.2) is 5.69 Å². The summed E-state index contributed by atoms with van der Waals surface area (Å²) in [5, 5.41) is 8.91. The highest BCUT2D eigenvalue weighted by molar-refractivity contribution is 5.84. The van der Waals surface area contributed by atoms with Crippen molar-refractivity contribution in [1.82, 2.24) is 9.97 Å². The minimum atomic E-state index is -1.07. The molecule has 0 saturated carbocycles. The van der Waals surface area contributed by atoms with E-state index in [1.54, 1.807) is 0 Å². The van der Waals surface area contributed by atoms with Crippen LogP contribution in [0, 0.1) is 0 Å². The predicted octanol–water partition coefficient (Wildman–Crippen LogP) is 1.34. The van der Waals surface area contributed by atoms with Crippen LogP contribution in [0.5, 0.6) is 0 Å². The number of nitrogens with zero attached hydrogens (tertiary/aromatic N) is 3. The number of hydrogen-bond acceptors (Lipinski definition) is 6. The largest absolute Gasteiger partial charge is 0.476 e. The first-order valence-electron chi connectivity index (χ1n) is 7.57. The standard InChI is InChI=1S/C15H21N3O4/c1-10-5-15(3-4-21-10)9-18(8-11(2)22-15)13-7-16-12(6-17-13)14(19)20/h6-7,10-11H,3-5,8-9H2,1-2H3,(H,19,20). The summed E-state index contributed by atoms with van der Waals surface area (Å²) >= 11 is 0. The van der Waals surface area contributed by atoms with E-state index >= 15 is 0 Å². The van der Waals surface area contributed by atoms with Crippen LogP contribution in [0.1, 0.15) is 37.2 Å². The number of hydrogen-bond donors (Lipinski definition) is 1. The Morgan fingerprint density at radius 2 is 2.18 bits per heavy atom. The fourth-order valence-corrected chi connectivity index (χ4v) is 3.38. The van der Waals surface area contributed by atoms with Crippen molar-refractivity contribution in [3.63, 3.8) is 0 Å². The van der Waals surface area contributed by atoms with Gasteiger partial charge in [-0.2, -0.15) is 0 Å². The van der Waals surface area contributed by atoms with Crippen LogP contribution in [-0.4, -0.2) is 58.5 Å². The Bertz CT molecular complexity index is 546. The molecule has 3 atom stereocenters. The van der Waals surface area contributed by atoms with Crippen molar-refractivity contribution in [2.24, 2.45) is 0 Å².